The third-order valence-electron chi connectivity index (χ3n) is 4.36. The first-order chi connectivity index (χ1) is 10.6. The minimum atomic E-state index is -0.408. The van der Waals surface area contributed by atoms with Gasteiger partial charge in [-0.25, -0.2) is 0 Å². The highest BCUT2D eigenvalue weighted by Crippen LogP contribution is 2.14. The van der Waals surface area contributed by atoms with E-state index in [0.717, 1.165) is 32.5 Å². The van der Waals surface area contributed by atoms with Crippen molar-refractivity contribution in [3.63, 3.8) is 0 Å². The van der Waals surface area contributed by atoms with E-state index in [4.69, 9.17) is 9.47 Å². The SMILES string of the molecule is CC(O)CN1CCN(C(=O)C(C)OCC2CCCCO2)CC1. The summed E-state index contributed by atoms with van der Waals surface area (Å²) in [5.41, 5.74) is 0. The van der Waals surface area contributed by atoms with Crippen LogP contribution >= 0.6 is 0 Å². The Bertz CT molecular complexity index is 337. The van der Waals surface area contributed by atoms with E-state index < -0.39 is 6.10 Å². The van der Waals surface area contributed by atoms with Gasteiger partial charge in [0.25, 0.3) is 5.91 Å². The van der Waals surface area contributed by atoms with Gasteiger partial charge in [0.15, 0.2) is 0 Å². The fraction of sp³-hybridized carbons (Fsp3) is 0.938. The number of carbonyl (C=O) groups excluding carboxylic acids is 1. The van der Waals surface area contributed by atoms with Gasteiger partial charge < -0.3 is 19.5 Å². The van der Waals surface area contributed by atoms with Crippen molar-refractivity contribution in [1.29, 1.82) is 0 Å². The van der Waals surface area contributed by atoms with Crippen molar-refractivity contribution in [2.75, 3.05) is 45.9 Å². The van der Waals surface area contributed by atoms with Crippen LogP contribution in [-0.4, -0.2) is 85.1 Å². The van der Waals surface area contributed by atoms with Gasteiger partial charge in [-0.1, -0.05) is 0 Å². The molecule has 6 heteroatoms. The van der Waals surface area contributed by atoms with Crippen LogP contribution < -0.4 is 0 Å². The van der Waals surface area contributed by atoms with E-state index in [1.54, 1.807) is 6.92 Å². The summed E-state index contributed by atoms with van der Waals surface area (Å²) in [5.74, 6) is 0.0625. The Morgan fingerprint density at radius 2 is 2.00 bits per heavy atom. The highest BCUT2D eigenvalue weighted by molar-refractivity contribution is 5.80. The number of piperazine rings is 1. The zero-order valence-corrected chi connectivity index (χ0v) is 13.9. The maximum Gasteiger partial charge on any atom is 0.251 e. The lowest BCUT2D eigenvalue weighted by molar-refractivity contribution is -0.148. The molecule has 2 fully saturated rings. The summed E-state index contributed by atoms with van der Waals surface area (Å²) in [4.78, 5) is 16.4. The first-order valence-corrected chi connectivity index (χ1v) is 8.48. The Hall–Kier alpha value is -0.690. The average Bonchev–Trinajstić information content (AvgIpc) is 2.53. The Labute approximate surface area is 133 Å². The molecule has 0 radical (unpaired) electrons. The normalized spacial score (nSPS) is 26.7. The lowest BCUT2D eigenvalue weighted by Gasteiger charge is -2.36. The van der Waals surface area contributed by atoms with Gasteiger partial charge >= 0.3 is 0 Å². The van der Waals surface area contributed by atoms with Gasteiger partial charge in [0.2, 0.25) is 0 Å². The van der Waals surface area contributed by atoms with Crippen molar-refractivity contribution in [3.8, 4) is 0 Å². The van der Waals surface area contributed by atoms with Crippen LogP contribution in [0.15, 0.2) is 0 Å². The van der Waals surface area contributed by atoms with Gasteiger partial charge in [-0.2, -0.15) is 0 Å². The van der Waals surface area contributed by atoms with Crippen LogP contribution in [0.2, 0.25) is 0 Å². The van der Waals surface area contributed by atoms with Crippen molar-refractivity contribution in [2.24, 2.45) is 0 Å². The number of rotatable bonds is 6. The predicted molar refractivity (Wildman–Crippen MR) is 83.7 cm³/mol. The van der Waals surface area contributed by atoms with Crippen LogP contribution in [0.1, 0.15) is 33.1 Å². The highest BCUT2D eigenvalue weighted by Gasteiger charge is 2.26. The van der Waals surface area contributed by atoms with E-state index >= 15 is 0 Å². The maximum absolute atomic E-state index is 12.4. The standard InChI is InChI=1S/C16H30N2O4/c1-13(19)11-17-6-8-18(9-7-17)16(20)14(2)22-12-15-5-3-4-10-21-15/h13-15,19H,3-12H2,1-2H3. The second kappa shape index (κ2) is 8.82. The van der Waals surface area contributed by atoms with E-state index in [2.05, 4.69) is 4.90 Å². The van der Waals surface area contributed by atoms with E-state index in [1.165, 1.54) is 6.42 Å². The molecule has 3 atom stereocenters. The lowest BCUT2D eigenvalue weighted by atomic mass is 10.1. The highest BCUT2D eigenvalue weighted by atomic mass is 16.5. The van der Waals surface area contributed by atoms with Crippen molar-refractivity contribution >= 4 is 5.91 Å². The van der Waals surface area contributed by atoms with E-state index in [-0.39, 0.29) is 18.1 Å². The number of amides is 1. The Morgan fingerprint density at radius 1 is 1.27 bits per heavy atom. The number of hydrogen-bond donors (Lipinski definition) is 1. The zero-order valence-electron chi connectivity index (χ0n) is 13.9. The van der Waals surface area contributed by atoms with E-state index in [1.807, 2.05) is 11.8 Å². The van der Waals surface area contributed by atoms with Gasteiger partial charge in [0, 0.05) is 39.3 Å². The van der Waals surface area contributed by atoms with Crippen LogP contribution in [0, 0.1) is 0 Å². The number of aliphatic hydroxyl groups is 1. The van der Waals surface area contributed by atoms with Gasteiger partial charge in [-0.05, 0) is 33.1 Å². The van der Waals surface area contributed by atoms with Crippen LogP contribution in [0.5, 0.6) is 0 Å². The molecule has 1 N–H and O–H groups in total. The first kappa shape index (κ1) is 17.7. The molecule has 0 aromatic rings. The molecule has 0 aliphatic carbocycles. The fourth-order valence-electron chi connectivity index (χ4n) is 3.04. The summed E-state index contributed by atoms with van der Waals surface area (Å²) < 4.78 is 11.3. The first-order valence-electron chi connectivity index (χ1n) is 8.48. The molecule has 0 aromatic heterocycles. The number of ether oxygens (including phenoxy) is 2. The smallest absolute Gasteiger partial charge is 0.251 e. The van der Waals surface area contributed by atoms with Crippen LogP contribution in [-0.2, 0) is 14.3 Å². The number of β-amino-alcohol motifs (C(OH)–C–C–N with tert-alkyl or cyclic N) is 1. The molecule has 2 rings (SSSR count). The second-order valence-electron chi connectivity index (χ2n) is 6.44. The Balaban J connectivity index is 1.67. The zero-order chi connectivity index (χ0) is 15.9. The molecule has 3 unspecified atom stereocenters. The van der Waals surface area contributed by atoms with Crippen molar-refractivity contribution in [2.45, 2.75) is 51.4 Å². The fourth-order valence-corrected chi connectivity index (χ4v) is 3.04. The molecule has 0 aromatic carbocycles. The molecule has 2 heterocycles. The molecular weight excluding hydrogens is 284 g/mol. The molecule has 0 saturated carbocycles. The minimum absolute atomic E-state index is 0.0625. The largest absolute Gasteiger partial charge is 0.392 e. The molecule has 2 aliphatic rings. The second-order valence-corrected chi connectivity index (χ2v) is 6.44. The summed E-state index contributed by atoms with van der Waals surface area (Å²) >= 11 is 0. The van der Waals surface area contributed by atoms with E-state index in [9.17, 15) is 9.90 Å². The van der Waals surface area contributed by atoms with Gasteiger partial charge in [-0.15, -0.1) is 0 Å². The van der Waals surface area contributed by atoms with Crippen molar-refractivity contribution in [1.82, 2.24) is 9.80 Å². The van der Waals surface area contributed by atoms with Crippen LogP contribution in [0.3, 0.4) is 0 Å². The van der Waals surface area contributed by atoms with Gasteiger partial charge in [0.05, 0.1) is 18.8 Å². The third-order valence-corrected chi connectivity index (χ3v) is 4.36. The molecule has 0 spiro atoms. The van der Waals surface area contributed by atoms with Crippen LogP contribution in [0.4, 0.5) is 0 Å². The summed E-state index contributed by atoms with van der Waals surface area (Å²) in [6.07, 6.45) is 2.75. The van der Waals surface area contributed by atoms with Crippen molar-refractivity contribution in [3.05, 3.63) is 0 Å². The molecule has 2 saturated heterocycles. The number of aliphatic hydroxyl groups excluding tert-OH is 1. The minimum Gasteiger partial charge on any atom is -0.392 e. The molecule has 6 nitrogen and oxygen atoms in total. The lowest BCUT2D eigenvalue weighted by Crippen LogP contribution is -2.52. The monoisotopic (exact) mass is 314 g/mol. The third kappa shape index (κ3) is 5.50. The molecular formula is C16H30N2O4. The average molecular weight is 314 g/mol. The number of carbonyl (C=O) groups is 1. The molecule has 0 bridgehead atoms. The van der Waals surface area contributed by atoms with Crippen molar-refractivity contribution < 1.29 is 19.4 Å². The maximum atomic E-state index is 12.4. The number of hydrogen-bond acceptors (Lipinski definition) is 5. The topological polar surface area (TPSA) is 62.2 Å². The number of nitrogens with zero attached hydrogens (tertiary/aromatic N) is 2. The van der Waals surface area contributed by atoms with Crippen LogP contribution in [0.25, 0.3) is 0 Å². The molecule has 128 valence electrons. The summed E-state index contributed by atoms with van der Waals surface area (Å²) in [5, 5.41) is 9.41. The van der Waals surface area contributed by atoms with Gasteiger partial charge in [-0.3, -0.25) is 9.69 Å². The summed E-state index contributed by atoms with van der Waals surface area (Å²) in [6, 6.07) is 0. The summed E-state index contributed by atoms with van der Waals surface area (Å²) in [7, 11) is 0. The Morgan fingerprint density at radius 3 is 2.59 bits per heavy atom. The van der Waals surface area contributed by atoms with Gasteiger partial charge in [0.1, 0.15) is 6.10 Å². The summed E-state index contributed by atoms with van der Waals surface area (Å²) in [6.45, 7) is 8.65. The molecule has 22 heavy (non-hydrogen) atoms. The quantitative estimate of drug-likeness (QED) is 0.773. The predicted octanol–water partition coefficient (Wildman–Crippen LogP) is 0.486. The molecule has 1 amide bonds. The van der Waals surface area contributed by atoms with E-state index in [0.29, 0.717) is 26.2 Å². The Kier molecular flexibility index (Phi) is 7.08. The molecule has 2 aliphatic heterocycles.